The van der Waals surface area contributed by atoms with Crippen LogP contribution in [0.25, 0.3) is 0 Å². The lowest BCUT2D eigenvalue weighted by Gasteiger charge is -2.15. The second-order valence-corrected chi connectivity index (χ2v) is 4.78. The number of rotatable bonds is 2. The third-order valence-corrected chi connectivity index (χ3v) is 3.37. The quantitative estimate of drug-likeness (QED) is 0.709. The molecule has 0 saturated carbocycles. The number of nitrogens with one attached hydrogen (secondary N) is 2. The molecule has 0 spiro atoms. The van der Waals surface area contributed by atoms with Gasteiger partial charge in [0.1, 0.15) is 0 Å². The van der Waals surface area contributed by atoms with Crippen molar-refractivity contribution in [3.8, 4) is 0 Å². The zero-order valence-electron chi connectivity index (χ0n) is 10.3. The van der Waals surface area contributed by atoms with E-state index < -0.39 is 0 Å². The highest BCUT2D eigenvalue weighted by Crippen LogP contribution is 2.12. The Morgan fingerprint density at radius 2 is 1.44 bits per heavy atom. The summed E-state index contributed by atoms with van der Waals surface area (Å²) in [5.74, 6) is 0. The molecule has 1 rings (SSSR count). The van der Waals surface area contributed by atoms with Gasteiger partial charge in [-0.15, -0.1) is 0 Å². The molecule has 0 radical (unpaired) electrons. The van der Waals surface area contributed by atoms with Crippen molar-refractivity contribution in [3.63, 3.8) is 0 Å². The van der Waals surface area contributed by atoms with Gasteiger partial charge in [0.15, 0.2) is 0 Å². The number of carbonyl (C=O) groups excluding carboxylic acids is 1. The van der Waals surface area contributed by atoms with Gasteiger partial charge in [-0.25, -0.2) is 0 Å². The highest BCUT2D eigenvalue weighted by atomic mass is 16.1. The molecule has 0 aromatic heterocycles. The van der Waals surface area contributed by atoms with E-state index in [0.29, 0.717) is 6.04 Å². The topological polar surface area (TPSA) is 41.1 Å². The summed E-state index contributed by atoms with van der Waals surface area (Å²) in [6.45, 7) is 2.34. The fraction of sp³-hybridized carbons (Fsp3) is 0.923. The van der Waals surface area contributed by atoms with Gasteiger partial charge in [-0.05, 0) is 38.8 Å². The predicted octanol–water partition coefficient (Wildman–Crippen LogP) is 2.22. The number of amides is 1. The first-order chi connectivity index (χ1) is 7.93. The molecule has 1 heterocycles. The van der Waals surface area contributed by atoms with E-state index in [1.165, 1.54) is 51.5 Å². The van der Waals surface area contributed by atoms with Gasteiger partial charge in [-0.1, -0.05) is 32.1 Å². The summed E-state index contributed by atoms with van der Waals surface area (Å²) in [5, 5.41) is 6.44. The predicted molar refractivity (Wildman–Crippen MR) is 67.4 cm³/mol. The molecule has 1 unspecified atom stereocenters. The third kappa shape index (κ3) is 6.83. The van der Waals surface area contributed by atoms with E-state index in [-0.39, 0.29) is 0 Å². The van der Waals surface area contributed by atoms with Crippen LogP contribution in [0.1, 0.15) is 57.8 Å². The van der Waals surface area contributed by atoms with Gasteiger partial charge in [0.05, 0.1) is 0 Å². The van der Waals surface area contributed by atoms with Crippen molar-refractivity contribution in [2.45, 2.75) is 63.8 Å². The van der Waals surface area contributed by atoms with Gasteiger partial charge in [-0.2, -0.15) is 0 Å². The zero-order chi connectivity index (χ0) is 11.5. The Balaban J connectivity index is 2.23. The molecule has 1 saturated heterocycles. The molecule has 1 aliphatic heterocycles. The molecule has 2 N–H and O–H groups in total. The lowest BCUT2D eigenvalue weighted by molar-refractivity contribution is -0.110. The average molecular weight is 226 g/mol. The third-order valence-electron chi connectivity index (χ3n) is 3.37. The molecule has 0 aliphatic carbocycles. The zero-order valence-corrected chi connectivity index (χ0v) is 10.3. The first-order valence-corrected chi connectivity index (χ1v) is 6.84. The first-order valence-electron chi connectivity index (χ1n) is 6.84. The summed E-state index contributed by atoms with van der Waals surface area (Å²) < 4.78 is 0. The van der Waals surface area contributed by atoms with Crippen LogP contribution in [0.5, 0.6) is 0 Å². The molecule has 3 nitrogen and oxygen atoms in total. The lowest BCUT2D eigenvalue weighted by atomic mass is 10.0. The van der Waals surface area contributed by atoms with Crippen LogP contribution in [-0.4, -0.2) is 25.5 Å². The molecule has 0 bridgehead atoms. The van der Waals surface area contributed by atoms with Gasteiger partial charge < -0.3 is 10.6 Å². The molecule has 3 heteroatoms. The van der Waals surface area contributed by atoms with E-state index in [0.717, 1.165) is 25.8 Å². The second-order valence-electron chi connectivity index (χ2n) is 4.78. The van der Waals surface area contributed by atoms with Crippen molar-refractivity contribution < 1.29 is 4.79 Å². The van der Waals surface area contributed by atoms with Crippen LogP contribution in [0.15, 0.2) is 0 Å². The summed E-state index contributed by atoms with van der Waals surface area (Å²) in [6, 6.07) is 0.422. The molecule has 1 fully saturated rings. The monoisotopic (exact) mass is 226 g/mol. The molecule has 16 heavy (non-hydrogen) atoms. The van der Waals surface area contributed by atoms with Gasteiger partial charge in [0, 0.05) is 6.04 Å². The maximum absolute atomic E-state index is 10.5. The standard InChI is InChI=1S/C13H26N2O/c16-12-15-13-8-4-1-2-6-10-14-11-7-3-5-9-13/h12-14H,1-11H2,(H,15,16). The Kier molecular flexibility index (Phi) is 8.13. The van der Waals surface area contributed by atoms with Gasteiger partial charge in [0.25, 0.3) is 0 Å². The fourth-order valence-corrected chi connectivity index (χ4v) is 2.34. The minimum Gasteiger partial charge on any atom is -0.356 e. The maximum atomic E-state index is 10.5. The average Bonchev–Trinajstić information content (AvgIpc) is 2.31. The fourth-order valence-electron chi connectivity index (χ4n) is 2.34. The van der Waals surface area contributed by atoms with Crippen molar-refractivity contribution in [3.05, 3.63) is 0 Å². The molecular formula is C13H26N2O. The van der Waals surface area contributed by atoms with E-state index in [2.05, 4.69) is 10.6 Å². The summed E-state index contributed by atoms with van der Waals surface area (Å²) in [7, 11) is 0. The molecule has 1 atom stereocenters. The van der Waals surface area contributed by atoms with Gasteiger partial charge >= 0.3 is 0 Å². The Morgan fingerprint density at radius 3 is 2.06 bits per heavy atom. The van der Waals surface area contributed by atoms with Crippen molar-refractivity contribution in [2.24, 2.45) is 0 Å². The van der Waals surface area contributed by atoms with E-state index >= 15 is 0 Å². The van der Waals surface area contributed by atoms with Crippen LogP contribution in [0, 0.1) is 0 Å². The van der Waals surface area contributed by atoms with Crippen molar-refractivity contribution >= 4 is 6.41 Å². The van der Waals surface area contributed by atoms with Crippen molar-refractivity contribution in [2.75, 3.05) is 13.1 Å². The van der Waals surface area contributed by atoms with Gasteiger partial charge in [-0.3, -0.25) is 4.79 Å². The minimum absolute atomic E-state index is 0.422. The van der Waals surface area contributed by atoms with Crippen LogP contribution >= 0.6 is 0 Å². The SMILES string of the molecule is O=CNC1CCCCCCNCCCCC1. The van der Waals surface area contributed by atoms with Crippen molar-refractivity contribution in [1.82, 2.24) is 10.6 Å². The number of hydrogen-bond donors (Lipinski definition) is 2. The minimum atomic E-state index is 0.422. The molecule has 1 aliphatic rings. The van der Waals surface area contributed by atoms with Crippen molar-refractivity contribution in [1.29, 1.82) is 0 Å². The summed E-state index contributed by atoms with van der Waals surface area (Å²) in [6.07, 6.45) is 12.1. The smallest absolute Gasteiger partial charge is 0.207 e. The summed E-state index contributed by atoms with van der Waals surface area (Å²) in [5.41, 5.74) is 0. The Bertz CT molecular complexity index is 159. The van der Waals surface area contributed by atoms with Crippen LogP contribution in [0.4, 0.5) is 0 Å². The molecule has 94 valence electrons. The van der Waals surface area contributed by atoms with Gasteiger partial charge in [0.2, 0.25) is 6.41 Å². The second kappa shape index (κ2) is 9.64. The normalized spacial score (nSPS) is 25.9. The van der Waals surface area contributed by atoms with Crippen LogP contribution in [0.2, 0.25) is 0 Å². The Labute approximate surface area is 99.4 Å². The largest absolute Gasteiger partial charge is 0.356 e. The number of hydrogen-bond acceptors (Lipinski definition) is 2. The molecule has 1 amide bonds. The summed E-state index contributed by atoms with van der Waals surface area (Å²) in [4.78, 5) is 10.5. The molecule has 0 aromatic carbocycles. The summed E-state index contributed by atoms with van der Waals surface area (Å²) >= 11 is 0. The first kappa shape index (κ1) is 13.5. The molecule has 0 aromatic rings. The van der Waals surface area contributed by atoms with Crippen LogP contribution < -0.4 is 10.6 Å². The number of carbonyl (C=O) groups is 1. The lowest BCUT2D eigenvalue weighted by Crippen LogP contribution is -2.27. The highest BCUT2D eigenvalue weighted by molar-refractivity contribution is 5.46. The van der Waals surface area contributed by atoms with E-state index in [9.17, 15) is 4.79 Å². The Morgan fingerprint density at radius 1 is 0.875 bits per heavy atom. The maximum Gasteiger partial charge on any atom is 0.207 e. The van der Waals surface area contributed by atoms with Crippen LogP contribution in [-0.2, 0) is 4.79 Å². The van der Waals surface area contributed by atoms with E-state index in [1.807, 2.05) is 0 Å². The Hall–Kier alpha value is -0.570. The highest BCUT2D eigenvalue weighted by Gasteiger charge is 2.07. The van der Waals surface area contributed by atoms with E-state index in [4.69, 9.17) is 0 Å². The molecular weight excluding hydrogens is 200 g/mol. The van der Waals surface area contributed by atoms with Crippen LogP contribution in [0.3, 0.4) is 0 Å². The van der Waals surface area contributed by atoms with E-state index in [1.54, 1.807) is 0 Å².